The fourth-order valence-electron chi connectivity index (χ4n) is 4.03. The first-order chi connectivity index (χ1) is 19.4. The van der Waals surface area contributed by atoms with E-state index in [1.54, 1.807) is 12.1 Å². The number of nitrogens with zero attached hydrogens (tertiary/aromatic N) is 3. The molecule has 216 valence electrons. The van der Waals surface area contributed by atoms with Crippen molar-refractivity contribution in [1.29, 1.82) is 0 Å². The molecular weight excluding hydrogens is 549 g/mol. The summed E-state index contributed by atoms with van der Waals surface area (Å²) in [5.41, 5.74) is 5.64. The number of nitrogens with two attached hydrogens (primary N) is 1. The highest BCUT2D eigenvalue weighted by Gasteiger charge is 2.36. The second-order valence-corrected chi connectivity index (χ2v) is 9.31. The number of hydrogen-bond acceptors (Lipinski definition) is 6. The summed E-state index contributed by atoms with van der Waals surface area (Å²) < 4.78 is 73.4. The minimum absolute atomic E-state index is 0.0921. The van der Waals surface area contributed by atoms with Crippen molar-refractivity contribution in [3.8, 4) is 17.0 Å². The highest BCUT2D eigenvalue weighted by atomic mass is 19.4. The van der Waals surface area contributed by atoms with E-state index in [4.69, 9.17) is 10.5 Å². The van der Waals surface area contributed by atoms with Crippen molar-refractivity contribution in [1.82, 2.24) is 20.2 Å². The molecule has 1 aliphatic rings. The van der Waals surface area contributed by atoms with Crippen molar-refractivity contribution in [2.24, 2.45) is 0 Å². The maximum atomic E-state index is 13.8. The lowest BCUT2D eigenvalue weighted by Gasteiger charge is -2.31. The largest absolute Gasteiger partial charge is 0.489 e. The Morgan fingerprint density at radius 1 is 1.05 bits per heavy atom. The number of nitrogen functional groups attached to an aromatic ring is 1. The van der Waals surface area contributed by atoms with Crippen LogP contribution in [0.5, 0.6) is 5.75 Å². The third-order valence-electron chi connectivity index (χ3n) is 6.29. The molecule has 0 bridgehead atoms. The SMILES string of the molecule is Nc1ccc(CNC(=O)/C=C/COc2ccc(-c3ccc(C(=O)N4CCC(F)(F)CC4)cn3)cc2C(F)(F)F)cn1. The summed E-state index contributed by atoms with van der Waals surface area (Å²) in [7, 11) is 0. The van der Waals surface area contributed by atoms with Crippen molar-refractivity contribution >= 4 is 17.6 Å². The van der Waals surface area contributed by atoms with Crippen LogP contribution in [0, 0.1) is 0 Å². The normalized spacial score (nSPS) is 15.1. The molecule has 1 fully saturated rings. The Morgan fingerprint density at radius 2 is 1.80 bits per heavy atom. The summed E-state index contributed by atoms with van der Waals surface area (Å²) in [5, 5.41) is 2.61. The summed E-state index contributed by atoms with van der Waals surface area (Å²) in [6, 6.07) is 9.49. The molecule has 0 spiro atoms. The number of ether oxygens (including phenoxy) is 1. The zero-order valence-electron chi connectivity index (χ0n) is 21.6. The lowest BCUT2D eigenvalue weighted by molar-refractivity contribution is -0.138. The van der Waals surface area contributed by atoms with Gasteiger partial charge >= 0.3 is 6.18 Å². The van der Waals surface area contributed by atoms with Crippen LogP contribution in [0.2, 0.25) is 0 Å². The second-order valence-electron chi connectivity index (χ2n) is 9.31. The number of likely N-dealkylation sites (tertiary alicyclic amines) is 1. The first-order valence-corrected chi connectivity index (χ1v) is 12.5. The molecule has 3 N–H and O–H groups in total. The standard InChI is InChI=1S/C28H26F5N5O3/c29-27(30)9-11-38(12-10-27)26(40)20-4-6-22(35-17-20)19-5-7-23(21(14-19)28(31,32)33)41-13-1-2-25(39)37-16-18-3-8-24(34)36-15-18/h1-8,14-15,17H,9-13,16H2,(H2,34,36)(H,37,39)/b2-1+. The number of carbonyl (C=O) groups is 2. The molecule has 1 saturated heterocycles. The van der Waals surface area contributed by atoms with Crippen LogP contribution in [-0.4, -0.2) is 52.3 Å². The molecule has 2 amide bonds. The van der Waals surface area contributed by atoms with Crippen molar-refractivity contribution in [3.63, 3.8) is 0 Å². The van der Waals surface area contributed by atoms with Gasteiger partial charge in [-0.3, -0.25) is 14.6 Å². The number of halogens is 5. The predicted octanol–water partition coefficient (Wildman–Crippen LogP) is 4.87. The topological polar surface area (TPSA) is 110 Å². The Kier molecular flexibility index (Phi) is 8.84. The lowest BCUT2D eigenvalue weighted by Crippen LogP contribution is -2.42. The number of carbonyl (C=O) groups excluding carboxylic acids is 2. The summed E-state index contributed by atoms with van der Waals surface area (Å²) in [4.78, 5) is 33.9. The van der Waals surface area contributed by atoms with Gasteiger partial charge < -0.3 is 20.7 Å². The van der Waals surface area contributed by atoms with Gasteiger partial charge in [0.25, 0.3) is 11.8 Å². The number of hydrogen-bond donors (Lipinski definition) is 2. The summed E-state index contributed by atoms with van der Waals surface area (Å²) in [5.74, 6) is -3.83. The van der Waals surface area contributed by atoms with Gasteiger partial charge in [0.15, 0.2) is 0 Å². The fourth-order valence-corrected chi connectivity index (χ4v) is 4.03. The molecule has 0 atom stereocenters. The van der Waals surface area contributed by atoms with Crippen LogP contribution in [0.15, 0.2) is 67.0 Å². The van der Waals surface area contributed by atoms with Gasteiger partial charge in [-0.25, -0.2) is 13.8 Å². The van der Waals surface area contributed by atoms with E-state index in [1.165, 1.54) is 41.6 Å². The van der Waals surface area contributed by atoms with Crippen LogP contribution in [0.3, 0.4) is 0 Å². The Morgan fingerprint density at radius 3 is 2.44 bits per heavy atom. The minimum atomic E-state index is -4.74. The number of nitrogens with one attached hydrogen (secondary N) is 1. The molecule has 2 aromatic heterocycles. The zero-order chi connectivity index (χ0) is 29.6. The van der Waals surface area contributed by atoms with Crippen LogP contribution in [0.4, 0.5) is 27.8 Å². The molecule has 13 heteroatoms. The van der Waals surface area contributed by atoms with E-state index in [1.807, 2.05) is 0 Å². The van der Waals surface area contributed by atoms with Gasteiger partial charge in [0, 0.05) is 56.5 Å². The Balaban J connectivity index is 1.37. The molecule has 1 aliphatic heterocycles. The molecule has 0 saturated carbocycles. The van der Waals surface area contributed by atoms with Gasteiger partial charge in [-0.2, -0.15) is 13.2 Å². The number of anilines is 1. The van der Waals surface area contributed by atoms with E-state index < -0.39 is 48.1 Å². The third-order valence-corrected chi connectivity index (χ3v) is 6.29. The van der Waals surface area contributed by atoms with Crippen molar-refractivity contribution in [2.75, 3.05) is 25.4 Å². The Hall–Kier alpha value is -4.55. The average Bonchev–Trinajstić information content (AvgIpc) is 2.94. The summed E-state index contributed by atoms with van der Waals surface area (Å²) in [6.07, 6.45) is -0.447. The van der Waals surface area contributed by atoms with Crippen molar-refractivity contribution in [3.05, 3.63) is 83.7 Å². The Labute approximate surface area is 232 Å². The van der Waals surface area contributed by atoms with Gasteiger partial charge in [0.1, 0.15) is 18.2 Å². The molecule has 0 aliphatic carbocycles. The minimum Gasteiger partial charge on any atom is -0.489 e. The number of rotatable bonds is 8. The smallest absolute Gasteiger partial charge is 0.419 e. The number of alkyl halides is 5. The highest BCUT2D eigenvalue weighted by Crippen LogP contribution is 2.38. The number of pyridine rings is 2. The second kappa shape index (κ2) is 12.3. The maximum absolute atomic E-state index is 13.8. The van der Waals surface area contributed by atoms with E-state index in [2.05, 4.69) is 15.3 Å². The van der Waals surface area contributed by atoms with Crippen LogP contribution in [0.1, 0.15) is 34.3 Å². The molecule has 0 unspecified atom stereocenters. The van der Waals surface area contributed by atoms with Crippen molar-refractivity contribution in [2.45, 2.75) is 31.5 Å². The molecule has 41 heavy (non-hydrogen) atoms. The molecular formula is C28H26F5N5O3. The van der Waals surface area contributed by atoms with Gasteiger partial charge in [-0.05, 0) is 48.0 Å². The van der Waals surface area contributed by atoms with Gasteiger partial charge in [-0.15, -0.1) is 0 Å². The molecule has 8 nitrogen and oxygen atoms in total. The van der Waals surface area contributed by atoms with E-state index in [0.717, 1.165) is 23.8 Å². The summed E-state index contributed by atoms with van der Waals surface area (Å²) in [6.45, 7) is -0.287. The zero-order valence-corrected chi connectivity index (χ0v) is 21.6. The summed E-state index contributed by atoms with van der Waals surface area (Å²) >= 11 is 0. The van der Waals surface area contributed by atoms with E-state index in [0.29, 0.717) is 5.82 Å². The monoisotopic (exact) mass is 575 g/mol. The van der Waals surface area contributed by atoms with E-state index >= 15 is 0 Å². The maximum Gasteiger partial charge on any atom is 0.419 e. The van der Waals surface area contributed by atoms with E-state index in [9.17, 15) is 31.5 Å². The fraction of sp³-hybridized carbons (Fsp3) is 0.286. The van der Waals surface area contributed by atoms with Gasteiger partial charge in [0.05, 0.1) is 16.8 Å². The molecule has 1 aromatic carbocycles. The molecule has 3 heterocycles. The first kappa shape index (κ1) is 29.4. The quantitative estimate of drug-likeness (QED) is 0.293. The van der Waals surface area contributed by atoms with E-state index in [-0.39, 0.29) is 43.1 Å². The average molecular weight is 576 g/mol. The predicted molar refractivity (Wildman–Crippen MR) is 140 cm³/mol. The number of piperidine rings is 1. The molecule has 3 aromatic rings. The highest BCUT2D eigenvalue weighted by molar-refractivity contribution is 5.94. The lowest BCUT2D eigenvalue weighted by atomic mass is 10.0. The van der Waals surface area contributed by atoms with Crippen LogP contribution >= 0.6 is 0 Å². The third kappa shape index (κ3) is 7.99. The van der Waals surface area contributed by atoms with Gasteiger partial charge in [-0.1, -0.05) is 6.07 Å². The van der Waals surface area contributed by atoms with Gasteiger partial charge in [0.2, 0.25) is 5.91 Å². The van der Waals surface area contributed by atoms with Crippen molar-refractivity contribution < 1.29 is 36.3 Å². The molecule has 0 radical (unpaired) electrons. The van der Waals surface area contributed by atoms with Crippen LogP contribution in [-0.2, 0) is 17.5 Å². The Bertz CT molecular complexity index is 1400. The van der Waals surface area contributed by atoms with Crippen LogP contribution < -0.4 is 15.8 Å². The number of aromatic nitrogens is 2. The molecule has 4 rings (SSSR count). The number of benzene rings is 1. The first-order valence-electron chi connectivity index (χ1n) is 12.5. The number of amides is 2. The van der Waals surface area contributed by atoms with Crippen LogP contribution in [0.25, 0.3) is 11.3 Å².